The number of hydrogen-bond acceptors (Lipinski definition) is 7. The molecule has 8 nitrogen and oxygen atoms in total. The van der Waals surface area contributed by atoms with Gasteiger partial charge in [-0.15, -0.1) is 23.5 Å². The number of hydrogen-bond donors (Lipinski definition) is 3. The van der Waals surface area contributed by atoms with Crippen LogP contribution in [0.3, 0.4) is 0 Å². The highest BCUT2D eigenvalue weighted by atomic mass is 32.2. The quantitative estimate of drug-likeness (QED) is 0.0838. The lowest BCUT2D eigenvalue weighted by molar-refractivity contribution is 0.0600. The van der Waals surface area contributed by atoms with Crippen LogP contribution in [0.15, 0.2) is 168 Å². The van der Waals surface area contributed by atoms with Crippen LogP contribution in [0.4, 0.5) is 11.4 Å². The molecule has 6 aromatic rings. The molecule has 0 bridgehead atoms. The van der Waals surface area contributed by atoms with E-state index in [0.29, 0.717) is 33.8 Å². The van der Waals surface area contributed by atoms with Crippen LogP contribution < -0.4 is 10.6 Å². The standard InChI is InChI=1S/C22H19NO3S.C21H17NO3S/c1-26-22(25)19-13-12-16(15-27-18-10-6-3-7-11-18)14-20(19)23-21(24)17-8-4-2-5-9-17;23-20(16-7-3-1-4-8-16)22-19-13-15(11-12-18(19)21(24)25)14-26-17-9-5-2-6-10-17/h2-14H,15H2,1H3,(H,23,24);1-13H,14H2,(H,22,23)(H,24,25). The number of esters is 1. The highest BCUT2D eigenvalue weighted by molar-refractivity contribution is 7.98. The zero-order valence-electron chi connectivity index (χ0n) is 28.7. The molecule has 0 fully saturated rings. The van der Waals surface area contributed by atoms with Crippen molar-refractivity contribution >= 4 is 58.7 Å². The topological polar surface area (TPSA) is 122 Å². The molecule has 6 rings (SSSR count). The number of anilines is 2. The first-order valence-corrected chi connectivity index (χ1v) is 18.4. The Morgan fingerprint density at radius 3 is 1.30 bits per heavy atom. The summed E-state index contributed by atoms with van der Waals surface area (Å²) in [6, 6.07) is 48.0. The SMILES string of the molecule is COC(=O)c1ccc(CSc2ccccc2)cc1NC(=O)c1ccccc1.O=C(Nc1cc(CSc2ccccc2)ccc1C(=O)O)c1ccccc1. The van der Waals surface area contributed by atoms with Gasteiger partial charge in [0.15, 0.2) is 0 Å². The van der Waals surface area contributed by atoms with Gasteiger partial charge in [0.05, 0.1) is 29.6 Å². The molecule has 0 unspecified atom stereocenters. The summed E-state index contributed by atoms with van der Waals surface area (Å²) in [7, 11) is 1.32. The number of amides is 2. The molecule has 0 heterocycles. The first kappa shape index (κ1) is 38.1. The van der Waals surface area contributed by atoms with Crippen molar-refractivity contribution in [1.29, 1.82) is 0 Å². The highest BCUT2D eigenvalue weighted by Gasteiger charge is 2.17. The van der Waals surface area contributed by atoms with Crippen molar-refractivity contribution in [2.45, 2.75) is 21.3 Å². The summed E-state index contributed by atoms with van der Waals surface area (Å²) in [4.78, 5) is 50.7. The lowest BCUT2D eigenvalue weighted by Gasteiger charge is -2.12. The number of carbonyl (C=O) groups excluding carboxylic acids is 3. The van der Waals surface area contributed by atoms with Gasteiger partial charge in [0.25, 0.3) is 11.8 Å². The van der Waals surface area contributed by atoms with E-state index in [1.165, 1.54) is 13.2 Å². The van der Waals surface area contributed by atoms with E-state index in [0.717, 1.165) is 26.7 Å². The van der Waals surface area contributed by atoms with E-state index in [-0.39, 0.29) is 17.4 Å². The lowest BCUT2D eigenvalue weighted by atomic mass is 10.1. The summed E-state index contributed by atoms with van der Waals surface area (Å²) < 4.78 is 4.84. The maximum absolute atomic E-state index is 12.5. The summed E-state index contributed by atoms with van der Waals surface area (Å²) in [5.41, 5.74) is 4.09. The third-order valence-corrected chi connectivity index (χ3v) is 9.84. The Bertz CT molecular complexity index is 2150. The molecule has 0 saturated heterocycles. The fraction of sp³-hybridized carbons (Fsp3) is 0.0698. The molecule has 0 spiro atoms. The van der Waals surface area contributed by atoms with Crippen LogP contribution in [-0.2, 0) is 16.2 Å². The summed E-state index contributed by atoms with van der Waals surface area (Å²) in [5.74, 6) is -0.761. The van der Waals surface area contributed by atoms with E-state index < -0.39 is 11.9 Å². The minimum atomic E-state index is -1.07. The number of benzene rings is 6. The van der Waals surface area contributed by atoms with E-state index >= 15 is 0 Å². The molecule has 0 aliphatic rings. The van der Waals surface area contributed by atoms with Crippen molar-refractivity contribution in [3.05, 3.63) is 191 Å². The molecule has 0 aliphatic carbocycles. The van der Waals surface area contributed by atoms with Crippen molar-refractivity contribution in [2.24, 2.45) is 0 Å². The molecule has 53 heavy (non-hydrogen) atoms. The van der Waals surface area contributed by atoms with Crippen molar-refractivity contribution < 1.29 is 29.0 Å². The summed E-state index contributed by atoms with van der Waals surface area (Å²) in [6.45, 7) is 0. The third-order valence-electron chi connectivity index (χ3n) is 7.67. The van der Waals surface area contributed by atoms with E-state index in [9.17, 15) is 24.3 Å². The molecule has 0 aliphatic heterocycles. The van der Waals surface area contributed by atoms with Gasteiger partial charge in [0, 0.05) is 32.4 Å². The van der Waals surface area contributed by atoms with Crippen molar-refractivity contribution in [1.82, 2.24) is 0 Å². The number of ether oxygens (including phenoxy) is 1. The average Bonchev–Trinajstić information content (AvgIpc) is 3.20. The molecular weight excluding hydrogens is 705 g/mol. The first-order chi connectivity index (χ1) is 25.8. The smallest absolute Gasteiger partial charge is 0.339 e. The number of rotatable bonds is 12. The highest BCUT2D eigenvalue weighted by Crippen LogP contribution is 2.28. The zero-order chi connectivity index (χ0) is 37.4. The van der Waals surface area contributed by atoms with Gasteiger partial charge in [0.1, 0.15) is 0 Å². The van der Waals surface area contributed by atoms with Crippen LogP contribution in [0.5, 0.6) is 0 Å². The van der Waals surface area contributed by atoms with E-state index in [1.807, 2.05) is 84.9 Å². The molecule has 10 heteroatoms. The van der Waals surface area contributed by atoms with Crippen molar-refractivity contribution in [3.63, 3.8) is 0 Å². The predicted molar refractivity (Wildman–Crippen MR) is 212 cm³/mol. The van der Waals surface area contributed by atoms with Gasteiger partial charge in [-0.25, -0.2) is 9.59 Å². The molecule has 266 valence electrons. The zero-order valence-corrected chi connectivity index (χ0v) is 30.4. The van der Waals surface area contributed by atoms with Gasteiger partial charge in [0.2, 0.25) is 0 Å². The number of thioether (sulfide) groups is 2. The minimum absolute atomic E-state index is 0.0720. The van der Waals surface area contributed by atoms with Gasteiger partial charge in [-0.05, 0) is 83.9 Å². The Morgan fingerprint density at radius 1 is 0.528 bits per heavy atom. The molecule has 0 atom stereocenters. The molecule has 2 amide bonds. The largest absolute Gasteiger partial charge is 0.478 e. The summed E-state index contributed by atoms with van der Waals surface area (Å²) in [6.07, 6.45) is 0. The maximum atomic E-state index is 12.5. The summed E-state index contributed by atoms with van der Waals surface area (Å²) in [5, 5.41) is 14.9. The molecule has 3 N–H and O–H groups in total. The van der Waals surface area contributed by atoms with Gasteiger partial charge < -0.3 is 20.5 Å². The van der Waals surface area contributed by atoms with Crippen LogP contribution in [0.1, 0.15) is 52.6 Å². The number of carbonyl (C=O) groups is 4. The Balaban J connectivity index is 0.000000204. The Labute approximate surface area is 316 Å². The number of nitrogens with one attached hydrogen (secondary N) is 2. The number of methoxy groups -OCH3 is 1. The fourth-order valence-electron chi connectivity index (χ4n) is 4.98. The monoisotopic (exact) mass is 740 g/mol. The second-order valence-corrected chi connectivity index (χ2v) is 13.5. The van der Waals surface area contributed by atoms with Crippen LogP contribution in [0.2, 0.25) is 0 Å². The lowest BCUT2D eigenvalue weighted by Crippen LogP contribution is -2.15. The Morgan fingerprint density at radius 2 is 0.906 bits per heavy atom. The molecular formula is C43H36N2O6S2. The minimum Gasteiger partial charge on any atom is -0.478 e. The maximum Gasteiger partial charge on any atom is 0.339 e. The van der Waals surface area contributed by atoms with E-state index in [2.05, 4.69) is 10.6 Å². The van der Waals surface area contributed by atoms with Crippen molar-refractivity contribution in [3.8, 4) is 0 Å². The number of carboxylic acid groups (broad SMARTS) is 1. The molecule has 0 saturated carbocycles. The average molecular weight is 741 g/mol. The van der Waals surface area contributed by atoms with Crippen molar-refractivity contribution in [2.75, 3.05) is 17.7 Å². The third kappa shape index (κ3) is 11.4. The summed E-state index contributed by atoms with van der Waals surface area (Å²) >= 11 is 3.34. The van der Waals surface area contributed by atoms with E-state index in [1.54, 1.807) is 90.3 Å². The van der Waals surface area contributed by atoms with Gasteiger partial charge >= 0.3 is 11.9 Å². The number of carboxylic acids is 1. The Kier molecular flexibility index (Phi) is 14.0. The number of aromatic carboxylic acids is 1. The second kappa shape index (κ2) is 19.5. The van der Waals surface area contributed by atoms with Gasteiger partial charge in [-0.1, -0.05) is 84.9 Å². The van der Waals surface area contributed by atoms with Gasteiger partial charge in [-0.2, -0.15) is 0 Å². The normalized spacial score (nSPS) is 10.3. The molecule has 0 radical (unpaired) electrons. The molecule has 0 aromatic heterocycles. The Hall–Kier alpha value is -6.10. The predicted octanol–water partition coefficient (Wildman–Crippen LogP) is 9.95. The van der Waals surface area contributed by atoms with Crippen LogP contribution in [-0.4, -0.2) is 36.0 Å². The van der Waals surface area contributed by atoms with Gasteiger partial charge in [-0.3, -0.25) is 9.59 Å². The van der Waals surface area contributed by atoms with Crippen LogP contribution in [0.25, 0.3) is 0 Å². The van der Waals surface area contributed by atoms with Crippen LogP contribution in [0, 0.1) is 0 Å². The fourth-order valence-corrected chi connectivity index (χ4v) is 6.70. The van der Waals surface area contributed by atoms with Crippen LogP contribution >= 0.6 is 23.5 Å². The molecule has 6 aromatic carbocycles. The van der Waals surface area contributed by atoms with E-state index in [4.69, 9.17) is 4.74 Å². The second-order valence-electron chi connectivity index (χ2n) is 11.4. The first-order valence-electron chi connectivity index (χ1n) is 16.5.